The van der Waals surface area contributed by atoms with Crippen LogP contribution < -0.4 is 10.2 Å². The molecule has 1 N–H and O–H groups in total. The van der Waals surface area contributed by atoms with E-state index in [0.29, 0.717) is 23.1 Å². The second-order valence-corrected chi connectivity index (χ2v) is 9.74. The second kappa shape index (κ2) is 9.06. The van der Waals surface area contributed by atoms with Gasteiger partial charge < -0.3 is 10.2 Å². The summed E-state index contributed by atoms with van der Waals surface area (Å²) in [6, 6.07) is 32.4. The van der Waals surface area contributed by atoms with Crippen molar-refractivity contribution >= 4 is 34.6 Å². The molecule has 1 unspecified atom stereocenters. The molecule has 4 aromatic carbocycles. The molecule has 0 spiro atoms. The smallest absolute Gasteiger partial charge is 0.179 e. The van der Waals surface area contributed by atoms with Crippen molar-refractivity contribution in [2.45, 2.75) is 19.9 Å². The molecule has 1 atom stereocenters. The summed E-state index contributed by atoms with van der Waals surface area (Å²) in [7, 11) is 0. The first-order valence-corrected chi connectivity index (χ1v) is 12.9. The van der Waals surface area contributed by atoms with E-state index in [9.17, 15) is 0 Å². The van der Waals surface area contributed by atoms with Crippen molar-refractivity contribution in [3.05, 3.63) is 131 Å². The molecule has 5 aromatic rings. The number of para-hydroxylation sites is 3. The number of benzene rings is 4. The fourth-order valence-electron chi connectivity index (χ4n) is 5.40. The second-order valence-electron chi connectivity index (χ2n) is 9.74. The minimum absolute atomic E-state index is 0.283. The molecule has 1 aromatic heterocycles. The lowest BCUT2D eigenvalue weighted by Gasteiger charge is -2.40. The van der Waals surface area contributed by atoms with Crippen LogP contribution >= 0.6 is 0 Å². The standard InChI is InChI=1S/C32H25FN6/c1-20-11-10-12-22(19-20)34-30-32-36-31-28(21(2)37-39(31)23-13-4-3-5-14-23)29(24-15-6-7-16-25(24)33)38(32)27-18-9-8-17-26(27)35-30/h3-19,29H,1-2H3,(H,34,35). The Bertz CT molecular complexity index is 1790. The van der Waals surface area contributed by atoms with Crippen molar-refractivity contribution in [3.8, 4) is 5.69 Å². The Balaban J connectivity index is 1.52. The molecule has 2 aliphatic rings. The van der Waals surface area contributed by atoms with Crippen LogP contribution in [0.3, 0.4) is 0 Å². The van der Waals surface area contributed by atoms with Crippen LogP contribution in [0.1, 0.15) is 28.4 Å². The van der Waals surface area contributed by atoms with Gasteiger partial charge in [-0.1, -0.05) is 60.7 Å². The van der Waals surface area contributed by atoms with Gasteiger partial charge in [0.15, 0.2) is 17.5 Å². The van der Waals surface area contributed by atoms with E-state index in [1.807, 2.05) is 90.5 Å². The minimum Gasteiger partial charge on any atom is -0.337 e. The number of hydrogen-bond donors (Lipinski definition) is 1. The number of aliphatic imine (C=N–C) groups is 2. The Kier molecular flexibility index (Phi) is 5.37. The highest BCUT2D eigenvalue weighted by Gasteiger charge is 2.42. The predicted molar refractivity (Wildman–Crippen MR) is 154 cm³/mol. The van der Waals surface area contributed by atoms with Crippen molar-refractivity contribution in [2.24, 2.45) is 9.98 Å². The topological polar surface area (TPSA) is 57.8 Å². The molecule has 0 saturated heterocycles. The van der Waals surface area contributed by atoms with Crippen molar-refractivity contribution in [3.63, 3.8) is 0 Å². The molecule has 7 heteroatoms. The molecule has 3 heterocycles. The summed E-state index contributed by atoms with van der Waals surface area (Å²) < 4.78 is 17.5. The van der Waals surface area contributed by atoms with Crippen molar-refractivity contribution in [1.29, 1.82) is 0 Å². The van der Waals surface area contributed by atoms with E-state index < -0.39 is 6.04 Å². The molecule has 39 heavy (non-hydrogen) atoms. The fourth-order valence-corrected chi connectivity index (χ4v) is 5.40. The molecule has 0 radical (unpaired) electrons. The third-order valence-corrected chi connectivity index (χ3v) is 7.12. The van der Waals surface area contributed by atoms with Gasteiger partial charge in [-0.25, -0.2) is 19.1 Å². The van der Waals surface area contributed by atoms with Crippen molar-refractivity contribution in [1.82, 2.24) is 9.78 Å². The van der Waals surface area contributed by atoms with E-state index in [2.05, 4.69) is 29.3 Å². The number of nitrogens with one attached hydrogen (secondary N) is 1. The number of halogens is 1. The summed E-state index contributed by atoms with van der Waals surface area (Å²) in [5.41, 5.74) is 6.75. The van der Waals surface area contributed by atoms with Crippen molar-refractivity contribution in [2.75, 3.05) is 10.2 Å². The van der Waals surface area contributed by atoms with Crippen LogP contribution in [-0.4, -0.2) is 21.5 Å². The average molecular weight is 513 g/mol. The van der Waals surface area contributed by atoms with Crippen LogP contribution in [0.25, 0.3) is 5.69 Å². The minimum atomic E-state index is -0.503. The first kappa shape index (κ1) is 23.1. The highest BCUT2D eigenvalue weighted by molar-refractivity contribution is 6.51. The Morgan fingerprint density at radius 3 is 2.38 bits per heavy atom. The SMILES string of the molecule is Cc1cccc(NC2=Nc3ccccc3N3C2=Nc2c(c(C)nn2-c2ccccc2)C3c2ccccc2F)c1. The van der Waals surface area contributed by atoms with E-state index in [4.69, 9.17) is 15.1 Å². The van der Waals surface area contributed by atoms with Gasteiger partial charge in [-0.3, -0.25) is 0 Å². The predicted octanol–water partition coefficient (Wildman–Crippen LogP) is 7.42. The third-order valence-electron chi connectivity index (χ3n) is 7.12. The number of hydrogen-bond acceptors (Lipinski definition) is 5. The molecule has 7 rings (SSSR count). The fraction of sp³-hybridized carbons (Fsp3) is 0.0938. The molecule has 0 saturated carbocycles. The Labute approximate surface area is 225 Å². The average Bonchev–Trinajstić information content (AvgIpc) is 3.29. The van der Waals surface area contributed by atoms with Crippen LogP contribution in [0.4, 0.5) is 27.3 Å². The molecular weight excluding hydrogens is 487 g/mol. The third kappa shape index (κ3) is 3.82. The van der Waals surface area contributed by atoms with Gasteiger partial charge in [0.05, 0.1) is 28.8 Å². The summed E-state index contributed by atoms with van der Waals surface area (Å²) in [6.07, 6.45) is 0. The van der Waals surface area contributed by atoms with Crippen molar-refractivity contribution < 1.29 is 4.39 Å². The van der Waals surface area contributed by atoms with E-state index in [-0.39, 0.29) is 5.82 Å². The highest BCUT2D eigenvalue weighted by Crippen LogP contribution is 2.48. The Morgan fingerprint density at radius 2 is 1.56 bits per heavy atom. The number of rotatable bonds is 3. The lowest BCUT2D eigenvalue weighted by molar-refractivity contribution is 0.597. The number of aryl methyl sites for hydroxylation is 2. The molecule has 0 aliphatic carbocycles. The van der Waals surface area contributed by atoms with Gasteiger partial charge in [0.2, 0.25) is 0 Å². The van der Waals surface area contributed by atoms with Crippen LogP contribution in [-0.2, 0) is 0 Å². The number of amidine groups is 2. The van der Waals surface area contributed by atoms with E-state index in [0.717, 1.165) is 39.6 Å². The van der Waals surface area contributed by atoms with Crippen LogP contribution in [0.2, 0.25) is 0 Å². The Morgan fingerprint density at radius 1 is 0.795 bits per heavy atom. The van der Waals surface area contributed by atoms with Gasteiger partial charge in [-0.05, 0) is 61.9 Å². The maximum absolute atomic E-state index is 15.6. The largest absolute Gasteiger partial charge is 0.337 e. The zero-order valence-electron chi connectivity index (χ0n) is 21.5. The first-order chi connectivity index (χ1) is 19.1. The summed E-state index contributed by atoms with van der Waals surface area (Å²) in [5, 5.41) is 8.40. The Hall–Kier alpha value is -5.04. The zero-order chi connectivity index (χ0) is 26.5. The maximum atomic E-state index is 15.6. The summed E-state index contributed by atoms with van der Waals surface area (Å²) in [6.45, 7) is 4.01. The quantitative estimate of drug-likeness (QED) is 0.274. The number of aromatic nitrogens is 2. The van der Waals surface area contributed by atoms with Gasteiger partial charge in [-0.2, -0.15) is 5.10 Å². The van der Waals surface area contributed by atoms with Gasteiger partial charge >= 0.3 is 0 Å². The molecular formula is C32H25FN6. The molecule has 0 fully saturated rings. The van der Waals surface area contributed by atoms with Gasteiger partial charge in [0.25, 0.3) is 0 Å². The molecule has 0 bridgehead atoms. The molecule has 2 aliphatic heterocycles. The van der Waals surface area contributed by atoms with Gasteiger partial charge in [0, 0.05) is 16.8 Å². The number of fused-ring (bicyclic) bond motifs is 4. The maximum Gasteiger partial charge on any atom is 0.179 e. The van der Waals surface area contributed by atoms with E-state index in [1.54, 1.807) is 6.07 Å². The van der Waals surface area contributed by atoms with Crippen LogP contribution in [0, 0.1) is 19.7 Å². The molecule has 0 amide bonds. The summed E-state index contributed by atoms with van der Waals surface area (Å²) in [5.74, 6) is 1.57. The van der Waals surface area contributed by atoms with Crippen LogP contribution in [0.15, 0.2) is 113 Å². The molecule has 190 valence electrons. The normalized spacial score (nSPS) is 15.6. The number of nitrogens with zero attached hydrogens (tertiary/aromatic N) is 5. The summed E-state index contributed by atoms with van der Waals surface area (Å²) >= 11 is 0. The van der Waals surface area contributed by atoms with E-state index in [1.165, 1.54) is 6.07 Å². The number of anilines is 2. The molecule has 6 nitrogen and oxygen atoms in total. The summed E-state index contributed by atoms with van der Waals surface area (Å²) in [4.78, 5) is 12.3. The zero-order valence-corrected chi connectivity index (χ0v) is 21.5. The highest BCUT2D eigenvalue weighted by atomic mass is 19.1. The van der Waals surface area contributed by atoms with E-state index >= 15 is 4.39 Å². The lowest BCUT2D eigenvalue weighted by Crippen LogP contribution is -2.46. The lowest BCUT2D eigenvalue weighted by atomic mass is 9.93. The first-order valence-electron chi connectivity index (χ1n) is 12.9. The van der Waals surface area contributed by atoms with Gasteiger partial charge in [0.1, 0.15) is 5.82 Å². The van der Waals surface area contributed by atoms with Gasteiger partial charge in [-0.15, -0.1) is 0 Å². The monoisotopic (exact) mass is 512 g/mol. The van der Waals surface area contributed by atoms with Crippen LogP contribution in [0.5, 0.6) is 0 Å².